The van der Waals surface area contributed by atoms with Crippen LogP contribution in [0.5, 0.6) is 0 Å². The maximum Gasteiger partial charge on any atom is 0.373 e. The van der Waals surface area contributed by atoms with Crippen molar-refractivity contribution in [1.82, 2.24) is 0 Å². The van der Waals surface area contributed by atoms with Gasteiger partial charge in [0.15, 0.2) is 5.78 Å². The number of carbonyl (C=O) groups excluding carboxylic acids is 2. The van der Waals surface area contributed by atoms with Gasteiger partial charge in [-0.15, -0.1) is 11.8 Å². The van der Waals surface area contributed by atoms with Gasteiger partial charge in [-0.05, 0) is 24.3 Å². The molecule has 1 heterocycles. The minimum atomic E-state index is -0.479. The highest BCUT2D eigenvalue weighted by Gasteiger charge is 2.12. The molecule has 22 heavy (non-hydrogen) atoms. The van der Waals surface area contributed by atoms with Crippen molar-refractivity contribution in [2.24, 2.45) is 5.92 Å². The average Bonchev–Trinajstić information content (AvgIpc) is 3.00. The van der Waals surface area contributed by atoms with Gasteiger partial charge in [-0.3, -0.25) is 4.79 Å². The van der Waals surface area contributed by atoms with E-state index in [1.165, 1.54) is 7.11 Å². The lowest BCUT2D eigenvalue weighted by molar-refractivity contribution is 0.0563. The van der Waals surface area contributed by atoms with E-state index in [1.54, 1.807) is 23.9 Å². The van der Waals surface area contributed by atoms with Gasteiger partial charge in [0.1, 0.15) is 5.76 Å². The average molecular weight is 318 g/mol. The largest absolute Gasteiger partial charge is 0.463 e. The number of ether oxygens (including phenoxy) is 1. The van der Waals surface area contributed by atoms with Crippen molar-refractivity contribution in [3.63, 3.8) is 0 Å². The summed E-state index contributed by atoms with van der Waals surface area (Å²) in [5.74, 6) is 1.18. The molecule has 1 aromatic heterocycles. The molecule has 4 nitrogen and oxygen atoms in total. The third-order valence-electron chi connectivity index (χ3n) is 3.09. The first kappa shape index (κ1) is 16.4. The first-order chi connectivity index (χ1) is 10.5. The Balaban J connectivity index is 1.96. The van der Waals surface area contributed by atoms with Crippen LogP contribution in [0.2, 0.25) is 0 Å². The van der Waals surface area contributed by atoms with E-state index >= 15 is 0 Å². The number of thioether (sulfide) groups is 1. The number of esters is 1. The fourth-order valence-electron chi connectivity index (χ4n) is 1.87. The number of ketones is 1. The SMILES string of the molecule is COC(=O)c1ccc(CSc2ccc(C(=O)C(C)C)cc2)o1. The monoisotopic (exact) mass is 318 g/mol. The second-order valence-electron chi connectivity index (χ2n) is 5.09. The Morgan fingerprint density at radius 1 is 1.14 bits per heavy atom. The van der Waals surface area contributed by atoms with Crippen LogP contribution >= 0.6 is 11.8 Å². The molecule has 0 unspecified atom stereocenters. The van der Waals surface area contributed by atoms with Crippen LogP contribution in [0.1, 0.15) is 40.5 Å². The van der Waals surface area contributed by atoms with E-state index < -0.39 is 5.97 Å². The van der Waals surface area contributed by atoms with E-state index in [2.05, 4.69) is 4.74 Å². The third-order valence-corrected chi connectivity index (χ3v) is 4.13. The Bertz CT molecular complexity index is 656. The highest BCUT2D eigenvalue weighted by molar-refractivity contribution is 7.98. The normalized spacial score (nSPS) is 10.7. The summed E-state index contributed by atoms with van der Waals surface area (Å²) in [4.78, 5) is 24.2. The van der Waals surface area contributed by atoms with Crippen LogP contribution < -0.4 is 0 Å². The number of methoxy groups -OCH3 is 1. The van der Waals surface area contributed by atoms with Gasteiger partial charge in [-0.25, -0.2) is 4.79 Å². The summed E-state index contributed by atoms with van der Waals surface area (Å²) in [6.45, 7) is 3.78. The number of Topliss-reactive ketones (excluding diaryl/α,β-unsaturated/α-hetero) is 1. The van der Waals surface area contributed by atoms with Gasteiger partial charge >= 0.3 is 5.97 Å². The van der Waals surface area contributed by atoms with Gasteiger partial charge in [-0.1, -0.05) is 26.0 Å². The first-order valence-electron chi connectivity index (χ1n) is 6.95. The summed E-state index contributed by atoms with van der Waals surface area (Å²) in [6.07, 6.45) is 0. The number of hydrogen-bond acceptors (Lipinski definition) is 5. The molecule has 0 saturated heterocycles. The summed E-state index contributed by atoms with van der Waals surface area (Å²) in [5, 5.41) is 0. The van der Waals surface area contributed by atoms with E-state index in [-0.39, 0.29) is 17.5 Å². The van der Waals surface area contributed by atoms with Crippen LogP contribution in [0, 0.1) is 5.92 Å². The lowest BCUT2D eigenvalue weighted by Crippen LogP contribution is -2.06. The summed E-state index contributed by atoms with van der Waals surface area (Å²) in [5.41, 5.74) is 0.727. The quantitative estimate of drug-likeness (QED) is 0.454. The van der Waals surface area contributed by atoms with Gasteiger partial charge in [0.25, 0.3) is 0 Å². The Morgan fingerprint density at radius 2 is 1.82 bits per heavy atom. The lowest BCUT2D eigenvalue weighted by atomic mass is 10.0. The highest BCUT2D eigenvalue weighted by Crippen LogP contribution is 2.24. The van der Waals surface area contributed by atoms with Crippen LogP contribution in [0.15, 0.2) is 45.7 Å². The molecule has 0 N–H and O–H groups in total. The van der Waals surface area contributed by atoms with Crippen molar-refractivity contribution in [1.29, 1.82) is 0 Å². The minimum Gasteiger partial charge on any atom is -0.463 e. The van der Waals surface area contributed by atoms with Crippen molar-refractivity contribution in [2.75, 3.05) is 7.11 Å². The van der Waals surface area contributed by atoms with Crippen molar-refractivity contribution >= 4 is 23.5 Å². The first-order valence-corrected chi connectivity index (χ1v) is 7.94. The molecule has 0 atom stereocenters. The van der Waals surface area contributed by atoms with Crippen molar-refractivity contribution in [3.8, 4) is 0 Å². The van der Waals surface area contributed by atoms with Crippen LogP contribution in [0.3, 0.4) is 0 Å². The van der Waals surface area contributed by atoms with E-state index in [0.717, 1.165) is 10.5 Å². The second-order valence-corrected chi connectivity index (χ2v) is 6.14. The van der Waals surface area contributed by atoms with Gasteiger partial charge in [0, 0.05) is 16.4 Å². The van der Waals surface area contributed by atoms with E-state index in [9.17, 15) is 9.59 Å². The molecule has 0 amide bonds. The maximum atomic E-state index is 11.9. The summed E-state index contributed by atoms with van der Waals surface area (Å²) < 4.78 is 10.00. The predicted octanol–water partition coefficient (Wildman–Crippen LogP) is 4.20. The van der Waals surface area contributed by atoms with Crippen LogP contribution in [0.25, 0.3) is 0 Å². The molecule has 0 spiro atoms. The lowest BCUT2D eigenvalue weighted by Gasteiger charge is -2.05. The standard InChI is InChI=1S/C17H18O4S/c1-11(2)16(18)12-4-7-14(8-5-12)22-10-13-6-9-15(21-13)17(19)20-3/h4-9,11H,10H2,1-3H3. The van der Waals surface area contributed by atoms with Crippen molar-refractivity contribution in [3.05, 3.63) is 53.5 Å². The smallest absolute Gasteiger partial charge is 0.373 e. The molecule has 2 rings (SSSR count). The van der Waals surface area contributed by atoms with Crippen LogP contribution in [-0.4, -0.2) is 18.9 Å². The Labute approximate surface area is 133 Å². The molecule has 5 heteroatoms. The van der Waals surface area contributed by atoms with E-state index in [4.69, 9.17) is 4.42 Å². The molecule has 1 aromatic carbocycles. The molecule has 2 aromatic rings. The van der Waals surface area contributed by atoms with Gasteiger partial charge in [0.2, 0.25) is 5.76 Å². The van der Waals surface area contributed by atoms with Gasteiger partial charge < -0.3 is 9.15 Å². The van der Waals surface area contributed by atoms with E-state index in [0.29, 0.717) is 11.5 Å². The van der Waals surface area contributed by atoms with E-state index in [1.807, 2.05) is 38.1 Å². The summed E-state index contributed by atoms with van der Waals surface area (Å²) in [7, 11) is 1.32. The van der Waals surface area contributed by atoms with Gasteiger partial charge in [-0.2, -0.15) is 0 Å². The zero-order valence-corrected chi connectivity index (χ0v) is 13.6. The third kappa shape index (κ3) is 4.01. The highest BCUT2D eigenvalue weighted by atomic mass is 32.2. The number of hydrogen-bond donors (Lipinski definition) is 0. The number of benzene rings is 1. The molecule has 0 fully saturated rings. The number of rotatable bonds is 6. The van der Waals surface area contributed by atoms with Crippen LogP contribution in [-0.2, 0) is 10.5 Å². The number of carbonyl (C=O) groups is 2. The fourth-order valence-corrected chi connectivity index (χ4v) is 2.66. The summed E-state index contributed by atoms with van der Waals surface area (Å²) in [6, 6.07) is 10.9. The molecule has 0 aliphatic heterocycles. The minimum absolute atomic E-state index is 0.00151. The molecule has 0 saturated carbocycles. The van der Waals surface area contributed by atoms with Crippen molar-refractivity contribution < 1.29 is 18.7 Å². The maximum absolute atomic E-state index is 11.9. The topological polar surface area (TPSA) is 56.5 Å². The van der Waals surface area contributed by atoms with Crippen molar-refractivity contribution in [2.45, 2.75) is 24.5 Å². The Morgan fingerprint density at radius 3 is 2.41 bits per heavy atom. The molecule has 0 radical (unpaired) electrons. The van der Waals surface area contributed by atoms with Crippen LogP contribution in [0.4, 0.5) is 0 Å². The van der Waals surface area contributed by atoms with Gasteiger partial charge in [0.05, 0.1) is 12.9 Å². The second kappa shape index (κ2) is 7.31. The Kier molecular flexibility index (Phi) is 5.44. The molecule has 0 aliphatic rings. The number of furan rings is 1. The zero-order valence-electron chi connectivity index (χ0n) is 12.8. The summed E-state index contributed by atoms with van der Waals surface area (Å²) >= 11 is 1.58. The Hall–Kier alpha value is -2.01. The molecule has 116 valence electrons. The molecular formula is C17H18O4S. The molecular weight excluding hydrogens is 300 g/mol. The predicted molar refractivity (Wildman–Crippen MR) is 85.2 cm³/mol. The molecule has 0 bridgehead atoms. The zero-order chi connectivity index (χ0) is 16.1. The fraction of sp³-hybridized carbons (Fsp3) is 0.294. The molecule has 0 aliphatic carbocycles.